The lowest BCUT2D eigenvalue weighted by Gasteiger charge is -2.35. The van der Waals surface area contributed by atoms with E-state index in [1.165, 1.54) is 0 Å². The Labute approximate surface area is 189 Å². The normalized spacial score (nSPS) is 14.7. The molecule has 7 heteroatoms. The molecule has 1 aromatic rings. The Morgan fingerprint density at radius 2 is 1.30 bits per heavy atom. The molecule has 5 nitrogen and oxygen atoms in total. The quantitative estimate of drug-likeness (QED) is 0.636. The van der Waals surface area contributed by atoms with Gasteiger partial charge in [-0.2, -0.15) is 0 Å². The highest BCUT2D eigenvalue weighted by atomic mass is 35.5. The largest absolute Gasteiger partial charge is 0.362 e. The average Bonchev–Trinajstić information content (AvgIpc) is 2.69. The summed E-state index contributed by atoms with van der Waals surface area (Å²) < 4.78 is 0. The molecule has 0 fully saturated rings. The van der Waals surface area contributed by atoms with Crippen molar-refractivity contribution in [3.8, 4) is 0 Å². The van der Waals surface area contributed by atoms with Crippen molar-refractivity contribution in [2.24, 2.45) is 0 Å². The van der Waals surface area contributed by atoms with E-state index in [0.717, 1.165) is 11.4 Å². The Morgan fingerprint density at radius 1 is 0.867 bits per heavy atom. The molecule has 2 amide bonds. The zero-order valence-corrected chi connectivity index (χ0v) is 20.1. The van der Waals surface area contributed by atoms with Gasteiger partial charge in [0.1, 0.15) is 0 Å². The van der Waals surface area contributed by atoms with Gasteiger partial charge in [-0.1, -0.05) is 29.3 Å². The molecule has 0 spiro atoms. The van der Waals surface area contributed by atoms with Crippen LogP contribution in [0.1, 0.15) is 53.0 Å². The van der Waals surface area contributed by atoms with Crippen molar-refractivity contribution >= 4 is 35.0 Å². The van der Waals surface area contributed by atoms with Crippen LogP contribution in [0.15, 0.2) is 40.7 Å². The Hall–Kier alpha value is -1.98. The average molecular weight is 452 g/mol. The van der Waals surface area contributed by atoms with E-state index < -0.39 is 5.92 Å². The Bertz CT molecular complexity index is 838. The Morgan fingerprint density at radius 3 is 1.67 bits per heavy atom. The summed E-state index contributed by atoms with van der Waals surface area (Å²) in [5.74, 6) is -0.769. The van der Waals surface area contributed by atoms with E-state index in [1.54, 1.807) is 21.9 Å². The topological polar surface area (TPSA) is 52.7 Å². The van der Waals surface area contributed by atoms with Crippen LogP contribution in [0.4, 0.5) is 0 Å². The fourth-order valence-electron chi connectivity index (χ4n) is 3.97. The van der Waals surface area contributed by atoms with Crippen LogP contribution in [-0.4, -0.2) is 47.8 Å². The van der Waals surface area contributed by atoms with Gasteiger partial charge in [0.15, 0.2) is 0 Å². The van der Waals surface area contributed by atoms with Gasteiger partial charge < -0.3 is 15.1 Å². The SMILES string of the molecule is CCN(CC)C(=O)C1=C(C)NC(C)=C(C(=O)N(CC)CC)C1c1ccc(Cl)cc1Cl. The molecule has 1 heterocycles. The van der Waals surface area contributed by atoms with E-state index in [9.17, 15) is 9.59 Å². The van der Waals surface area contributed by atoms with E-state index >= 15 is 0 Å². The van der Waals surface area contributed by atoms with Gasteiger partial charge in [-0.25, -0.2) is 0 Å². The fraction of sp³-hybridized carbons (Fsp3) is 0.478. The van der Waals surface area contributed by atoms with Gasteiger partial charge in [0.2, 0.25) is 0 Å². The molecule has 2 rings (SSSR count). The first-order chi connectivity index (χ1) is 14.2. The molecule has 0 unspecified atom stereocenters. The number of hydrogen-bond donors (Lipinski definition) is 1. The number of allylic oxidation sites excluding steroid dienone is 2. The summed E-state index contributed by atoms with van der Waals surface area (Å²) in [6.45, 7) is 13.8. The first-order valence-electron chi connectivity index (χ1n) is 10.4. The zero-order valence-electron chi connectivity index (χ0n) is 18.6. The predicted octanol–water partition coefficient (Wildman–Crippen LogP) is 4.97. The summed E-state index contributed by atoms with van der Waals surface area (Å²) in [5, 5.41) is 4.21. The molecule has 0 aliphatic carbocycles. The third-order valence-electron chi connectivity index (χ3n) is 5.60. The van der Waals surface area contributed by atoms with Crippen LogP contribution >= 0.6 is 23.2 Å². The van der Waals surface area contributed by atoms with E-state index in [0.29, 0.717) is 52.9 Å². The van der Waals surface area contributed by atoms with Crippen molar-refractivity contribution in [1.82, 2.24) is 15.1 Å². The summed E-state index contributed by atoms with van der Waals surface area (Å²) in [5.41, 5.74) is 3.26. The molecule has 0 saturated carbocycles. The second-order valence-electron chi connectivity index (χ2n) is 7.26. The van der Waals surface area contributed by atoms with Gasteiger partial charge in [-0.05, 0) is 59.2 Å². The van der Waals surface area contributed by atoms with Crippen LogP contribution in [-0.2, 0) is 9.59 Å². The highest BCUT2D eigenvalue weighted by Gasteiger charge is 2.39. The number of carbonyl (C=O) groups is 2. The molecule has 30 heavy (non-hydrogen) atoms. The van der Waals surface area contributed by atoms with Crippen molar-refractivity contribution < 1.29 is 9.59 Å². The first-order valence-corrected chi connectivity index (χ1v) is 11.2. The van der Waals surface area contributed by atoms with Gasteiger partial charge in [-0.3, -0.25) is 9.59 Å². The van der Waals surface area contributed by atoms with Crippen LogP contribution in [0.3, 0.4) is 0 Å². The molecule has 0 atom stereocenters. The Balaban J connectivity index is 2.76. The van der Waals surface area contributed by atoms with Gasteiger partial charge in [0.05, 0.1) is 0 Å². The number of carbonyl (C=O) groups excluding carboxylic acids is 2. The van der Waals surface area contributed by atoms with Crippen LogP contribution in [0, 0.1) is 0 Å². The Kier molecular flexibility index (Phi) is 8.39. The number of amides is 2. The lowest BCUT2D eigenvalue weighted by molar-refractivity contribution is -0.127. The summed E-state index contributed by atoms with van der Waals surface area (Å²) in [7, 11) is 0. The van der Waals surface area contributed by atoms with Gasteiger partial charge in [-0.15, -0.1) is 0 Å². The monoisotopic (exact) mass is 451 g/mol. The minimum Gasteiger partial charge on any atom is -0.362 e. The smallest absolute Gasteiger partial charge is 0.252 e. The maximum absolute atomic E-state index is 13.5. The summed E-state index contributed by atoms with van der Waals surface area (Å²) in [6, 6.07) is 5.21. The number of nitrogens with one attached hydrogen (secondary N) is 1. The molecule has 1 aromatic carbocycles. The maximum Gasteiger partial charge on any atom is 0.252 e. The number of rotatable bonds is 7. The summed E-state index contributed by atoms with van der Waals surface area (Å²) in [6.07, 6.45) is 0. The minimum absolute atomic E-state index is 0.0987. The van der Waals surface area contributed by atoms with E-state index in [2.05, 4.69) is 5.32 Å². The molecule has 1 aliphatic heterocycles. The fourth-order valence-corrected chi connectivity index (χ4v) is 4.49. The lowest BCUT2D eigenvalue weighted by atomic mass is 9.79. The highest BCUT2D eigenvalue weighted by Crippen LogP contribution is 2.42. The second kappa shape index (κ2) is 10.4. The van der Waals surface area contributed by atoms with Gasteiger partial charge in [0, 0.05) is 64.7 Å². The lowest BCUT2D eigenvalue weighted by Crippen LogP contribution is -2.42. The molecular formula is C23H31Cl2N3O2. The standard InChI is InChI=1S/C23H31Cl2N3O2/c1-7-27(8-2)22(29)19-14(5)26-15(6)20(23(30)28(9-3)10-4)21(19)17-12-11-16(24)13-18(17)25/h11-13,21,26H,7-10H2,1-6H3. The van der Waals surface area contributed by atoms with E-state index in [1.807, 2.05) is 47.6 Å². The maximum atomic E-state index is 13.5. The first kappa shape index (κ1) is 24.3. The highest BCUT2D eigenvalue weighted by molar-refractivity contribution is 6.35. The third-order valence-corrected chi connectivity index (χ3v) is 6.16. The van der Waals surface area contributed by atoms with Crippen molar-refractivity contribution in [3.63, 3.8) is 0 Å². The number of benzene rings is 1. The van der Waals surface area contributed by atoms with Gasteiger partial charge in [0.25, 0.3) is 11.8 Å². The molecular weight excluding hydrogens is 421 g/mol. The molecule has 1 aliphatic rings. The van der Waals surface area contributed by atoms with E-state index in [4.69, 9.17) is 23.2 Å². The number of nitrogens with zero attached hydrogens (tertiary/aromatic N) is 2. The number of halogens is 2. The van der Waals surface area contributed by atoms with Crippen molar-refractivity contribution in [3.05, 3.63) is 56.3 Å². The van der Waals surface area contributed by atoms with Crippen molar-refractivity contribution in [2.75, 3.05) is 26.2 Å². The molecule has 164 valence electrons. The summed E-state index contributed by atoms with van der Waals surface area (Å²) in [4.78, 5) is 30.6. The second-order valence-corrected chi connectivity index (χ2v) is 8.10. The molecule has 0 bridgehead atoms. The summed E-state index contributed by atoms with van der Waals surface area (Å²) >= 11 is 12.7. The third kappa shape index (κ3) is 4.68. The molecule has 0 radical (unpaired) electrons. The number of hydrogen-bond acceptors (Lipinski definition) is 3. The zero-order chi connectivity index (χ0) is 22.6. The molecule has 0 aromatic heterocycles. The van der Waals surface area contributed by atoms with E-state index in [-0.39, 0.29) is 11.8 Å². The minimum atomic E-state index is -0.572. The van der Waals surface area contributed by atoms with Crippen molar-refractivity contribution in [2.45, 2.75) is 47.5 Å². The number of likely N-dealkylation sites (N-methyl/N-ethyl adjacent to an activating group) is 2. The number of dihydropyridines is 1. The van der Waals surface area contributed by atoms with Crippen LogP contribution in [0.2, 0.25) is 10.0 Å². The molecule has 0 saturated heterocycles. The van der Waals surface area contributed by atoms with Crippen LogP contribution in [0.25, 0.3) is 0 Å². The van der Waals surface area contributed by atoms with Crippen LogP contribution < -0.4 is 5.32 Å². The molecule has 1 N–H and O–H groups in total. The van der Waals surface area contributed by atoms with Crippen molar-refractivity contribution in [1.29, 1.82) is 0 Å². The van der Waals surface area contributed by atoms with Crippen LogP contribution in [0.5, 0.6) is 0 Å². The predicted molar refractivity (Wildman–Crippen MR) is 124 cm³/mol. The van der Waals surface area contributed by atoms with Gasteiger partial charge >= 0.3 is 0 Å².